The molecule has 3 aliphatic rings. The molecule has 3 fully saturated rings. The number of carbonyl (C=O) groups is 1. The van der Waals surface area contributed by atoms with Crippen molar-refractivity contribution in [2.24, 2.45) is 5.92 Å². The summed E-state index contributed by atoms with van der Waals surface area (Å²) in [6.45, 7) is 8.61. The summed E-state index contributed by atoms with van der Waals surface area (Å²) in [4.78, 5) is 27.0. The molecule has 0 bridgehead atoms. The molecule has 1 aliphatic carbocycles. The minimum atomic E-state index is -3.02. The van der Waals surface area contributed by atoms with Gasteiger partial charge in [-0.2, -0.15) is 0 Å². The van der Waals surface area contributed by atoms with E-state index < -0.39 is 35.8 Å². The normalized spacial score (nSPS) is 26.4. The van der Waals surface area contributed by atoms with E-state index in [4.69, 9.17) is 49.5 Å². The van der Waals surface area contributed by atoms with Gasteiger partial charge in [0.2, 0.25) is 5.69 Å². The Balaban J connectivity index is 1.11. The molecule has 8 atom stereocenters. The van der Waals surface area contributed by atoms with Gasteiger partial charge in [0.05, 0.1) is 33.3 Å². The van der Waals surface area contributed by atoms with Gasteiger partial charge in [-0.3, -0.25) is 9.36 Å². The van der Waals surface area contributed by atoms with Crippen molar-refractivity contribution in [2.45, 2.75) is 74.1 Å². The van der Waals surface area contributed by atoms with E-state index in [1.54, 1.807) is 67.9 Å². The summed E-state index contributed by atoms with van der Waals surface area (Å²) in [5.41, 5.74) is 0.861. The summed E-state index contributed by atoms with van der Waals surface area (Å²) in [5, 5.41) is 2.90. The molecule has 4 heterocycles. The lowest BCUT2D eigenvalue weighted by Gasteiger charge is -2.37. The first kappa shape index (κ1) is 45.2. The van der Waals surface area contributed by atoms with Gasteiger partial charge in [0.25, 0.3) is 5.91 Å². The summed E-state index contributed by atoms with van der Waals surface area (Å²) in [7, 11) is 4.91. The molecular formula is C49H52N5O8PS2. The van der Waals surface area contributed by atoms with Crippen LogP contribution in [0, 0.1) is 5.92 Å². The molecule has 9 rings (SSSR count). The monoisotopic (exact) mass is 933 g/mol. The van der Waals surface area contributed by atoms with Crippen molar-refractivity contribution in [1.82, 2.24) is 19.5 Å². The fraction of sp³-hybridized carbons (Fsp3) is 0.347. The van der Waals surface area contributed by atoms with E-state index in [0.717, 1.165) is 41.5 Å². The third-order valence-electron chi connectivity index (χ3n) is 12.8. The zero-order valence-corrected chi connectivity index (χ0v) is 39.4. The molecule has 0 radical (unpaired) electrons. The van der Waals surface area contributed by atoms with Gasteiger partial charge in [0.1, 0.15) is 41.7 Å². The van der Waals surface area contributed by atoms with E-state index >= 15 is 0 Å². The van der Waals surface area contributed by atoms with Crippen molar-refractivity contribution in [3.8, 4) is 11.5 Å². The van der Waals surface area contributed by atoms with E-state index in [0.29, 0.717) is 34.1 Å². The van der Waals surface area contributed by atoms with Gasteiger partial charge in [-0.05, 0) is 104 Å². The van der Waals surface area contributed by atoms with Crippen molar-refractivity contribution in [1.29, 1.82) is 0 Å². The van der Waals surface area contributed by atoms with Crippen LogP contribution in [0.2, 0.25) is 0 Å². The number of imidazole rings is 1. The predicted octanol–water partition coefficient (Wildman–Crippen LogP) is 9.89. The van der Waals surface area contributed by atoms with Gasteiger partial charge in [-0.1, -0.05) is 96.3 Å². The highest BCUT2D eigenvalue weighted by Gasteiger charge is 2.57. The van der Waals surface area contributed by atoms with Crippen LogP contribution < -0.4 is 14.8 Å². The molecule has 0 unspecified atom stereocenters. The van der Waals surface area contributed by atoms with Crippen molar-refractivity contribution < 1.29 is 37.5 Å². The van der Waals surface area contributed by atoms with Crippen molar-refractivity contribution in [3.05, 3.63) is 156 Å². The molecule has 1 amide bonds. The molecule has 2 aromatic heterocycles. The molecule has 13 nitrogen and oxygen atoms in total. The number of fused-ring (bicyclic) bond motifs is 2. The van der Waals surface area contributed by atoms with Crippen LogP contribution in [0.25, 0.3) is 11.2 Å². The molecule has 0 spiro atoms. The van der Waals surface area contributed by atoms with Gasteiger partial charge in [0, 0.05) is 17.4 Å². The number of anilines is 1. The Kier molecular flexibility index (Phi) is 13.0. The number of allylic oxidation sites excluding steroid dienone is 1. The average Bonchev–Trinajstić information content (AvgIpc) is 4.00. The predicted molar refractivity (Wildman–Crippen MR) is 255 cm³/mol. The number of carbonyl (C=O) groups excluding carboxylic acids is 1. The SMILES string of the molecule is C=C(C)[C@@H]1CC[C@]2(C)S[P@](=S)(O[C@H]3[C@@H](OC)[C@H](n4cnc5c(NC(=O)c6ccccc6)ncnc54)O[C@@H]3COC(c3ccccc3)(c3ccc(OC)cc3)c3ccc(OC)cc3)O[C@H]2C1. The second kappa shape index (κ2) is 18.7. The maximum atomic E-state index is 13.3. The third-order valence-corrected chi connectivity index (χ3v) is 18.5. The number of nitrogens with one attached hydrogen (secondary N) is 1. The van der Waals surface area contributed by atoms with Crippen molar-refractivity contribution >= 4 is 51.8 Å². The second-order valence-electron chi connectivity index (χ2n) is 16.8. The molecule has 65 heavy (non-hydrogen) atoms. The number of aromatic nitrogens is 4. The Hall–Kier alpha value is -4.96. The lowest BCUT2D eigenvalue weighted by atomic mass is 9.77. The molecule has 2 saturated heterocycles. The van der Waals surface area contributed by atoms with Gasteiger partial charge in [0.15, 0.2) is 23.2 Å². The van der Waals surface area contributed by atoms with Crippen LogP contribution in [0.3, 0.4) is 0 Å². The van der Waals surface area contributed by atoms with Crippen LogP contribution in [-0.2, 0) is 40.7 Å². The number of ether oxygens (including phenoxy) is 5. The first-order valence-corrected chi connectivity index (χ1v) is 25.6. The molecule has 1 saturated carbocycles. The first-order valence-electron chi connectivity index (χ1n) is 21.5. The van der Waals surface area contributed by atoms with E-state index in [2.05, 4.69) is 47.8 Å². The Labute approximate surface area is 388 Å². The maximum absolute atomic E-state index is 13.3. The average molecular weight is 934 g/mol. The largest absolute Gasteiger partial charge is 0.497 e. The quantitative estimate of drug-likeness (QED) is 0.0595. The molecule has 16 heteroatoms. The summed E-state index contributed by atoms with van der Waals surface area (Å²) < 4.78 is 47.7. The molecule has 2 aliphatic heterocycles. The van der Waals surface area contributed by atoms with Crippen LogP contribution in [-0.4, -0.2) is 82.5 Å². The van der Waals surface area contributed by atoms with Gasteiger partial charge in [-0.25, -0.2) is 15.0 Å². The highest BCUT2D eigenvalue weighted by atomic mass is 32.9. The third kappa shape index (κ3) is 8.76. The summed E-state index contributed by atoms with van der Waals surface area (Å²) in [6, 6.07) is 34.8. The van der Waals surface area contributed by atoms with Crippen LogP contribution in [0.4, 0.5) is 5.82 Å². The van der Waals surface area contributed by atoms with Crippen LogP contribution in [0.5, 0.6) is 11.5 Å². The van der Waals surface area contributed by atoms with Gasteiger partial charge >= 0.3 is 0 Å². The summed E-state index contributed by atoms with van der Waals surface area (Å²) >= 11 is 8.09. The first-order chi connectivity index (χ1) is 31.5. The number of nitrogens with zero attached hydrogens (tertiary/aromatic N) is 4. The maximum Gasteiger partial charge on any atom is 0.256 e. The fourth-order valence-corrected chi connectivity index (χ4v) is 16.7. The van der Waals surface area contributed by atoms with Crippen molar-refractivity contribution in [2.75, 3.05) is 33.3 Å². The fourth-order valence-electron chi connectivity index (χ4n) is 9.21. The number of benzene rings is 4. The summed E-state index contributed by atoms with van der Waals surface area (Å²) in [5.74, 6) is 1.69. The number of rotatable bonds is 15. The van der Waals surface area contributed by atoms with E-state index in [-0.39, 0.29) is 29.2 Å². The van der Waals surface area contributed by atoms with Crippen LogP contribution in [0.15, 0.2) is 134 Å². The lowest BCUT2D eigenvalue weighted by Crippen LogP contribution is -2.41. The number of hydrogen-bond acceptors (Lipinski definition) is 13. The number of methoxy groups -OCH3 is 3. The topological polar surface area (TPSA) is 137 Å². The zero-order chi connectivity index (χ0) is 45.3. The minimum Gasteiger partial charge on any atom is -0.497 e. The minimum absolute atomic E-state index is 0.0202. The number of amides is 1. The summed E-state index contributed by atoms with van der Waals surface area (Å²) in [6.07, 6.45) is 2.57. The molecule has 338 valence electrons. The Morgan fingerprint density at radius 3 is 2.15 bits per heavy atom. The van der Waals surface area contributed by atoms with Crippen LogP contribution >= 0.6 is 17.1 Å². The molecular weight excluding hydrogens is 882 g/mol. The van der Waals surface area contributed by atoms with E-state index in [1.807, 2.05) is 72.8 Å². The molecule has 6 aromatic rings. The van der Waals surface area contributed by atoms with Crippen molar-refractivity contribution in [3.63, 3.8) is 0 Å². The zero-order valence-electron chi connectivity index (χ0n) is 36.9. The van der Waals surface area contributed by atoms with Gasteiger partial charge < -0.3 is 38.0 Å². The highest BCUT2D eigenvalue weighted by Crippen LogP contribution is 2.76. The standard InChI is InChI=1S/C49H52N5O8PS2/c1-31(2)33-25-26-48(3)40(27-33)61-63(64,65-48)62-42-39(60-47(43(42)58-6)54-30-52-41-44(50-29-51-45(41)54)53-46(55)32-13-9-7-10-14-32)28-59-49(34-15-11-8-12-16-34,35-17-21-37(56-4)22-18-35)36-19-23-38(57-5)24-20-36/h7-24,29-30,33,39-40,42-43,47H,1,25-28H2,2-6H3,(H,50,51,53,55)/t33-,39-,40+,42-,43-,47-,48+,63+/m1/s1. The molecule has 1 N–H and O–H groups in total. The Morgan fingerprint density at radius 2 is 1.54 bits per heavy atom. The lowest BCUT2D eigenvalue weighted by molar-refractivity contribution is -0.0933. The molecule has 4 aromatic carbocycles. The van der Waals surface area contributed by atoms with Crippen LogP contribution in [0.1, 0.15) is 66.4 Å². The smallest absolute Gasteiger partial charge is 0.256 e. The van der Waals surface area contributed by atoms with Gasteiger partial charge in [-0.15, -0.1) is 0 Å². The Morgan fingerprint density at radius 1 is 0.908 bits per heavy atom. The van der Waals surface area contributed by atoms with E-state index in [9.17, 15) is 4.79 Å². The second-order valence-corrected chi connectivity index (χ2v) is 23.3. The van der Waals surface area contributed by atoms with E-state index in [1.165, 1.54) is 6.33 Å². The number of hydrogen-bond donors (Lipinski definition) is 1. The highest BCUT2D eigenvalue weighted by molar-refractivity contribution is 8.68. The Bertz CT molecular complexity index is 2650.